The first kappa shape index (κ1) is 18.7. The van der Waals surface area contributed by atoms with Crippen LogP contribution in [0, 0.1) is 17.8 Å². The van der Waals surface area contributed by atoms with Gasteiger partial charge in [-0.05, 0) is 100 Å². The van der Waals surface area contributed by atoms with E-state index in [1.165, 1.54) is 56.9 Å². The minimum atomic E-state index is 0.749. The molecule has 0 bridgehead atoms. The van der Waals surface area contributed by atoms with Gasteiger partial charge in [-0.2, -0.15) is 0 Å². The second-order valence-electron chi connectivity index (χ2n) is 8.19. The summed E-state index contributed by atoms with van der Waals surface area (Å²) in [5, 5.41) is 0. The normalized spacial score (nSPS) is 30.6. The zero-order valence-corrected chi connectivity index (χ0v) is 16.3. The van der Waals surface area contributed by atoms with Crippen LogP contribution in [0.4, 0.5) is 0 Å². The molecule has 0 aromatic heterocycles. The lowest BCUT2D eigenvalue weighted by atomic mass is 9.68. The highest BCUT2D eigenvalue weighted by Crippen LogP contribution is 2.44. The Morgan fingerprint density at radius 2 is 1.48 bits per heavy atom. The highest BCUT2D eigenvalue weighted by molar-refractivity contribution is 5.25. The molecule has 1 aromatic rings. The summed E-state index contributed by atoms with van der Waals surface area (Å²) < 4.78 is 5.50. The summed E-state index contributed by atoms with van der Waals surface area (Å²) in [6.07, 6.45) is 16.2. The minimum Gasteiger partial charge on any atom is -0.377 e. The standard InChI is InChI=1S/C24H36O/c1-3-5-19-6-10-21(11-7-19)23-14-16-24(17-15-23)22-12-8-20(9-13-22)18-25-4-2/h3,5,8-9,12-13,19,21,23-24H,4,6-7,10-11,14-18H2,1-2H3/b5-3-. The van der Waals surface area contributed by atoms with Crippen LogP contribution in [0.1, 0.15) is 82.3 Å². The first-order valence-corrected chi connectivity index (χ1v) is 10.6. The van der Waals surface area contributed by atoms with E-state index in [2.05, 4.69) is 50.3 Å². The summed E-state index contributed by atoms with van der Waals surface area (Å²) in [4.78, 5) is 0. The molecule has 0 radical (unpaired) electrons. The molecule has 2 fully saturated rings. The van der Waals surface area contributed by atoms with Crippen molar-refractivity contribution in [3.63, 3.8) is 0 Å². The van der Waals surface area contributed by atoms with E-state index in [4.69, 9.17) is 4.74 Å². The first-order valence-electron chi connectivity index (χ1n) is 10.6. The molecule has 0 heterocycles. The fourth-order valence-corrected chi connectivity index (χ4v) is 5.11. The van der Waals surface area contributed by atoms with Gasteiger partial charge in [0.25, 0.3) is 0 Å². The zero-order chi connectivity index (χ0) is 17.5. The molecular formula is C24H36O. The molecule has 2 aliphatic rings. The van der Waals surface area contributed by atoms with Crippen LogP contribution in [0.3, 0.4) is 0 Å². The number of allylic oxidation sites excluding steroid dienone is 2. The van der Waals surface area contributed by atoms with Crippen LogP contribution in [0.2, 0.25) is 0 Å². The molecule has 0 saturated heterocycles. The largest absolute Gasteiger partial charge is 0.377 e. The molecule has 2 saturated carbocycles. The van der Waals surface area contributed by atoms with Crippen molar-refractivity contribution in [3.8, 4) is 0 Å². The molecular weight excluding hydrogens is 304 g/mol. The van der Waals surface area contributed by atoms with Crippen LogP contribution in [0.5, 0.6) is 0 Å². The quantitative estimate of drug-likeness (QED) is 0.513. The fourth-order valence-electron chi connectivity index (χ4n) is 5.11. The van der Waals surface area contributed by atoms with Crippen molar-refractivity contribution >= 4 is 0 Å². The molecule has 0 spiro atoms. The van der Waals surface area contributed by atoms with Gasteiger partial charge in [0.2, 0.25) is 0 Å². The number of hydrogen-bond acceptors (Lipinski definition) is 1. The third-order valence-electron chi connectivity index (χ3n) is 6.64. The number of hydrogen-bond donors (Lipinski definition) is 0. The highest BCUT2D eigenvalue weighted by Gasteiger charge is 2.30. The molecule has 0 aliphatic heterocycles. The van der Waals surface area contributed by atoms with Crippen LogP contribution in [-0.4, -0.2) is 6.61 Å². The summed E-state index contributed by atoms with van der Waals surface area (Å²) in [7, 11) is 0. The Bertz CT molecular complexity index is 514. The van der Waals surface area contributed by atoms with Gasteiger partial charge in [-0.15, -0.1) is 0 Å². The average molecular weight is 341 g/mol. The molecule has 1 heteroatoms. The van der Waals surface area contributed by atoms with Gasteiger partial charge in [0.15, 0.2) is 0 Å². The van der Waals surface area contributed by atoms with Gasteiger partial charge in [0.1, 0.15) is 0 Å². The molecule has 0 atom stereocenters. The van der Waals surface area contributed by atoms with Crippen molar-refractivity contribution in [1.29, 1.82) is 0 Å². The molecule has 0 N–H and O–H groups in total. The Morgan fingerprint density at radius 1 is 0.880 bits per heavy atom. The summed E-state index contributed by atoms with van der Waals surface area (Å²) in [5.74, 6) is 3.67. The highest BCUT2D eigenvalue weighted by atomic mass is 16.5. The van der Waals surface area contributed by atoms with Crippen LogP contribution in [0.15, 0.2) is 36.4 Å². The Morgan fingerprint density at radius 3 is 2.04 bits per heavy atom. The van der Waals surface area contributed by atoms with Gasteiger partial charge in [0, 0.05) is 6.61 Å². The predicted octanol–water partition coefficient (Wildman–Crippen LogP) is 6.88. The van der Waals surface area contributed by atoms with Gasteiger partial charge in [-0.25, -0.2) is 0 Å². The summed E-state index contributed by atoms with van der Waals surface area (Å²) in [5.41, 5.74) is 2.85. The van der Waals surface area contributed by atoms with Gasteiger partial charge in [-0.3, -0.25) is 0 Å². The van der Waals surface area contributed by atoms with Crippen LogP contribution in [-0.2, 0) is 11.3 Å². The van der Waals surface area contributed by atoms with Crippen LogP contribution < -0.4 is 0 Å². The Kier molecular flexibility index (Phi) is 7.16. The van der Waals surface area contributed by atoms with Crippen LogP contribution in [0.25, 0.3) is 0 Å². The zero-order valence-electron chi connectivity index (χ0n) is 16.3. The lowest BCUT2D eigenvalue weighted by molar-refractivity contribution is 0.134. The molecule has 0 amide bonds. The summed E-state index contributed by atoms with van der Waals surface area (Å²) in [6, 6.07) is 9.22. The maximum absolute atomic E-state index is 5.50. The summed E-state index contributed by atoms with van der Waals surface area (Å²) >= 11 is 0. The topological polar surface area (TPSA) is 9.23 Å². The van der Waals surface area contributed by atoms with Crippen molar-refractivity contribution in [2.24, 2.45) is 17.8 Å². The van der Waals surface area contributed by atoms with E-state index in [0.717, 1.165) is 36.9 Å². The third-order valence-corrected chi connectivity index (χ3v) is 6.64. The summed E-state index contributed by atoms with van der Waals surface area (Å²) in [6.45, 7) is 5.76. The van der Waals surface area contributed by atoms with E-state index in [9.17, 15) is 0 Å². The van der Waals surface area contributed by atoms with Crippen molar-refractivity contribution in [2.45, 2.75) is 77.7 Å². The molecule has 0 unspecified atom stereocenters. The van der Waals surface area contributed by atoms with E-state index in [1.54, 1.807) is 5.56 Å². The minimum absolute atomic E-state index is 0.749. The van der Waals surface area contributed by atoms with E-state index in [0.29, 0.717) is 0 Å². The molecule has 1 nitrogen and oxygen atoms in total. The van der Waals surface area contributed by atoms with E-state index < -0.39 is 0 Å². The number of benzene rings is 1. The predicted molar refractivity (Wildman–Crippen MR) is 107 cm³/mol. The number of rotatable bonds is 6. The van der Waals surface area contributed by atoms with E-state index in [-0.39, 0.29) is 0 Å². The molecule has 2 aliphatic carbocycles. The Labute approximate surface area is 154 Å². The Balaban J connectivity index is 1.45. The van der Waals surface area contributed by atoms with Crippen molar-refractivity contribution in [1.82, 2.24) is 0 Å². The van der Waals surface area contributed by atoms with Crippen LogP contribution >= 0.6 is 0 Å². The maximum atomic E-state index is 5.50. The maximum Gasteiger partial charge on any atom is 0.0716 e. The van der Waals surface area contributed by atoms with Gasteiger partial charge in [0.05, 0.1) is 6.61 Å². The van der Waals surface area contributed by atoms with E-state index >= 15 is 0 Å². The third kappa shape index (κ3) is 5.20. The molecule has 25 heavy (non-hydrogen) atoms. The van der Waals surface area contributed by atoms with Gasteiger partial charge in [-0.1, -0.05) is 36.4 Å². The van der Waals surface area contributed by atoms with E-state index in [1.807, 2.05) is 0 Å². The van der Waals surface area contributed by atoms with Crippen molar-refractivity contribution in [2.75, 3.05) is 6.61 Å². The van der Waals surface area contributed by atoms with Crippen molar-refractivity contribution in [3.05, 3.63) is 47.5 Å². The monoisotopic (exact) mass is 340 g/mol. The SMILES string of the molecule is C/C=C\C1CCC(C2CCC(c3ccc(COCC)cc3)CC2)CC1. The lowest BCUT2D eigenvalue weighted by Gasteiger charge is -2.37. The fraction of sp³-hybridized carbons (Fsp3) is 0.667. The van der Waals surface area contributed by atoms with Gasteiger partial charge >= 0.3 is 0 Å². The lowest BCUT2D eigenvalue weighted by Crippen LogP contribution is -2.25. The second-order valence-corrected chi connectivity index (χ2v) is 8.19. The average Bonchev–Trinajstić information content (AvgIpc) is 2.68. The smallest absolute Gasteiger partial charge is 0.0716 e. The number of ether oxygens (including phenoxy) is 1. The second kappa shape index (κ2) is 9.57. The molecule has 3 rings (SSSR count). The Hall–Kier alpha value is -1.08. The first-order chi connectivity index (χ1) is 12.3. The molecule has 138 valence electrons. The molecule has 1 aromatic carbocycles. The van der Waals surface area contributed by atoms with Crippen molar-refractivity contribution < 1.29 is 4.74 Å². The van der Waals surface area contributed by atoms with Gasteiger partial charge < -0.3 is 4.74 Å².